The zero-order valence-corrected chi connectivity index (χ0v) is 15.8. The summed E-state index contributed by atoms with van der Waals surface area (Å²) in [6, 6.07) is 10.9. The Bertz CT molecular complexity index is 886. The van der Waals surface area contributed by atoms with Crippen LogP contribution in [0.1, 0.15) is 37.4 Å². The van der Waals surface area contributed by atoms with Gasteiger partial charge < -0.3 is 9.80 Å². The lowest BCUT2D eigenvalue weighted by molar-refractivity contribution is 0.485. The first-order valence-electron chi connectivity index (χ1n) is 9.44. The predicted octanol–water partition coefficient (Wildman–Crippen LogP) is 4.07. The molecule has 1 unspecified atom stereocenters. The van der Waals surface area contributed by atoms with E-state index in [1.165, 1.54) is 30.4 Å². The molecule has 2 aliphatic rings. The van der Waals surface area contributed by atoms with Crippen LogP contribution >= 0.6 is 11.3 Å². The van der Waals surface area contributed by atoms with Crippen LogP contribution in [0.15, 0.2) is 36.5 Å². The Morgan fingerprint density at radius 3 is 2.85 bits per heavy atom. The monoisotopic (exact) mass is 365 g/mol. The number of rotatable bonds is 4. The van der Waals surface area contributed by atoms with Crippen molar-refractivity contribution in [3.8, 4) is 0 Å². The number of piperidine rings is 1. The van der Waals surface area contributed by atoms with Gasteiger partial charge in [0.15, 0.2) is 5.13 Å². The quantitative estimate of drug-likeness (QED) is 0.697. The molecule has 2 fully saturated rings. The van der Waals surface area contributed by atoms with E-state index in [2.05, 4.69) is 46.1 Å². The van der Waals surface area contributed by atoms with Crippen LogP contribution in [-0.2, 0) is 0 Å². The van der Waals surface area contributed by atoms with E-state index in [0.717, 1.165) is 35.4 Å². The van der Waals surface area contributed by atoms with Crippen molar-refractivity contribution in [1.82, 2.24) is 15.0 Å². The highest BCUT2D eigenvalue weighted by atomic mass is 32.1. The summed E-state index contributed by atoms with van der Waals surface area (Å²) in [5.74, 6) is 2.67. The topological polar surface area (TPSA) is 45.2 Å². The summed E-state index contributed by atoms with van der Waals surface area (Å²) < 4.78 is 1.27. The van der Waals surface area contributed by atoms with Gasteiger partial charge in [-0.3, -0.25) is 0 Å². The number of likely N-dealkylation sites (N-methyl/N-ethyl adjacent to an activating group) is 1. The lowest BCUT2D eigenvalue weighted by atomic mass is 10.1. The molecule has 1 saturated carbocycles. The molecule has 0 bridgehead atoms. The summed E-state index contributed by atoms with van der Waals surface area (Å²) in [6.45, 7) is 2.08. The lowest BCUT2D eigenvalue weighted by Crippen LogP contribution is -2.47. The van der Waals surface area contributed by atoms with Gasteiger partial charge in [0.1, 0.15) is 11.6 Å². The number of nitrogens with zero attached hydrogens (tertiary/aromatic N) is 5. The third-order valence-corrected chi connectivity index (χ3v) is 6.56. The SMILES string of the molecule is CN(c1ccnc(C2CC2)n1)C1CCCN(c2nc3ccccc3s2)C1. The summed E-state index contributed by atoms with van der Waals surface area (Å²) in [5.41, 5.74) is 1.10. The van der Waals surface area contributed by atoms with E-state index in [4.69, 9.17) is 9.97 Å². The highest BCUT2D eigenvalue weighted by Crippen LogP contribution is 2.38. The summed E-state index contributed by atoms with van der Waals surface area (Å²) in [6.07, 6.45) is 6.77. The Hall–Kier alpha value is -2.21. The molecule has 0 N–H and O–H groups in total. The van der Waals surface area contributed by atoms with Gasteiger partial charge >= 0.3 is 0 Å². The first-order valence-corrected chi connectivity index (χ1v) is 10.3. The van der Waals surface area contributed by atoms with E-state index in [0.29, 0.717) is 12.0 Å². The van der Waals surface area contributed by atoms with Crippen LogP contribution in [0.3, 0.4) is 0 Å². The van der Waals surface area contributed by atoms with Gasteiger partial charge in [-0.15, -0.1) is 0 Å². The first-order chi connectivity index (χ1) is 12.8. The first kappa shape index (κ1) is 16.0. The zero-order chi connectivity index (χ0) is 17.5. The Morgan fingerprint density at radius 2 is 2.00 bits per heavy atom. The molecule has 0 spiro atoms. The molecule has 2 aromatic heterocycles. The van der Waals surface area contributed by atoms with E-state index in [-0.39, 0.29) is 0 Å². The number of hydrogen-bond acceptors (Lipinski definition) is 6. The maximum absolute atomic E-state index is 4.85. The van der Waals surface area contributed by atoms with Crippen LogP contribution in [0.5, 0.6) is 0 Å². The van der Waals surface area contributed by atoms with Crippen LogP contribution in [-0.4, -0.2) is 41.1 Å². The Morgan fingerprint density at radius 1 is 1.12 bits per heavy atom. The molecule has 6 heteroatoms. The number of para-hydroxylation sites is 1. The zero-order valence-electron chi connectivity index (χ0n) is 15.0. The van der Waals surface area contributed by atoms with E-state index in [9.17, 15) is 0 Å². The minimum atomic E-state index is 0.456. The number of anilines is 2. The average molecular weight is 366 g/mol. The van der Waals surface area contributed by atoms with E-state index in [1.54, 1.807) is 11.3 Å². The van der Waals surface area contributed by atoms with E-state index >= 15 is 0 Å². The van der Waals surface area contributed by atoms with E-state index in [1.807, 2.05) is 12.3 Å². The molecule has 0 radical (unpaired) electrons. The second-order valence-corrected chi connectivity index (χ2v) is 8.37. The summed E-state index contributed by atoms with van der Waals surface area (Å²) in [4.78, 5) is 18.9. The number of thiazole rings is 1. The van der Waals surface area contributed by atoms with Crippen molar-refractivity contribution in [1.29, 1.82) is 0 Å². The molecule has 1 atom stereocenters. The third kappa shape index (κ3) is 3.03. The summed E-state index contributed by atoms with van der Waals surface area (Å²) >= 11 is 1.80. The van der Waals surface area contributed by atoms with Crippen LogP contribution in [0.25, 0.3) is 10.2 Å². The highest BCUT2D eigenvalue weighted by Gasteiger charge is 2.29. The number of fused-ring (bicyclic) bond motifs is 1. The molecule has 3 heterocycles. The normalized spacial score (nSPS) is 20.5. The molecule has 1 aromatic carbocycles. The van der Waals surface area contributed by atoms with Crippen molar-refractivity contribution in [2.75, 3.05) is 29.9 Å². The molecule has 5 rings (SSSR count). The van der Waals surface area contributed by atoms with Gasteiger partial charge in [-0.05, 0) is 43.9 Å². The van der Waals surface area contributed by atoms with Crippen molar-refractivity contribution in [2.45, 2.75) is 37.6 Å². The fraction of sp³-hybridized carbons (Fsp3) is 0.450. The molecule has 1 aliphatic heterocycles. The fourth-order valence-electron chi connectivity index (χ4n) is 3.73. The smallest absolute Gasteiger partial charge is 0.186 e. The minimum absolute atomic E-state index is 0.456. The van der Waals surface area contributed by atoms with Gasteiger partial charge in [0, 0.05) is 38.3 Å². The average Bonchev–Trinajstić information content (AvgIpc) is 3.46. The molecule has 1 aliphatic carbocycles. The Kier molecular flexibility index (Phi) is 4.00. The summed E-state index contributed by atoms with van der Waals surface area (Å²) in [7, 11) is 2.17. The molecule has 5 nitrogen and oxygen atoms in total. The van der Waals surface area contributed by atoms with Crippen LogP contribution < -0.4 is 9.80 Å². The minimum Gasteiger partial charge on any atom is -0.355 e. The molecular weight excluding hydrogens is 342 g/mol. The van der Waals surface area contributed by atoms with Crippen molar-refractivity contribution < 1.29 is 0 Å². The van der Waals surface area contributed by atoms with Gasteiger partial charge in [-0.2, -0.15) is 0 Å². The lowest BCUT2D eigenvalue weighted by Gasteiger charge is -2.38. The fourth-order valence-corrected chi connectivity index (χ4v) is 4.73. The second kappa shape index (κ2) is 6.50. The second-order valence-electron chi connectivity index (χ2n) is 7.36. The molecule has 3 aromatic rings. The van der Waals surface area contributed by atoms with Gasteiger partial charge in [0.2, 0.25) is 0 Å². The third-order valence-electron chi connectivity index (χ3n) is 5.46. The standard InChI is InChI=1S/C20H23N5S/c1-24(18-10-11-21-19(23-18)14-8-9-14)15-5-4-12-25(13-15)20-22-16-6-2-3-7-17(16)26-20/h2-3,6-7,10-11,14-15H,4-5,8-9,12-13H2,1H3. The van der Waals surface area contributed by atoms with Crippen molar-refractivity contribution in [2.24, 2.45) is 0 Å². The van der Waals surface area contributed by atoms with E-state index < -0.39 is 0 Å². The number of aromatic nitrogens is 3. The van der Waals surface area contributed by atoms with Gasteiger partial charge in [0.25, 0.3) is 0 Å². The molecule has 134 valence electrons. The maximum Gasteiger partial charge on any atom is 0.186 e. The largest absolute Gasteiger partial charge is 0.355 e. The Labute approximate surface area is 157 Å². The molecule has 1 saturated heterocycles. The van der Waals surface area contributed by atoms with Crippen molar-refractivity contribution in [3.63, 3.8) is 0 Å². The number of hydrogen-bond donors (Lipinski definition) is 0. The molecule has 0 amide bonds. The van der Waals surface area contributed by atoms with Gasteiger partial charge in [-0.25, -0.2) is 15.0 Å². The van der Waals surface area contributed by atoms with Crippen LogP contribution in [0.2, 0.25) is 0 Å². The van der Waals surface area contributed by atoms with Gasteiger partial charge in [0.05, 0.1) is 10.2 Å². The molecule has 26 heavy (non-hydrogen) atoms. The Balaban J connectivity index is 1.35. The van der Waals surface area contributed by atoms with Crippen LogP contribution in [0.4, 0.5) is 10.9 Å². The number of benzene rings is 1. The molecular formula is C20H23N5S. The maximum atomic E-state index is 4.85. The van der Waals surface area contributed by atoms with Crippen LogP contribution in [0, 0.1) is 0 Å². The van der Waals surface area contributed by atoms with Crippen molar-refractivity contribution >= 4 is 32.5 Å². The van der Waals surface area contributed by atoms with Crippen molar-refractivity contribution in [3.05, 3.63) is 42.4 Å². The predicted molar refractivity (Wildman–Crippen MR) is 107 cm³/mol. The summed E-state index contributed by atoms with van der Waals surface area (Å²) in [5, 5.41) is 1.14. The highest BCUT2D eigenvalue weighted by molar-refractivity contribution is 7.22. The van der Waals surface area contributed by atoms with Gasteiger partial charge in [-0.1, -0.05) is 23.5 Å².